The van der Waals surface area contributed by atoms with Gasteiger partial charge in [-0.2, -0.15) is 8.42 Å². The summed E-state index contributed by atoms with van der Waals surface area (Å²) < 4.78 is 60.3. The van der Waals surface area contributed by atoms with Crippen LogP contribution in [-0.2, 0) is 53.0 Å². The molecule has 0 saturated carbocycles. The van der Waals surface area contributed by atoms with Gasteiger partial charge in [0.1, 0.15) is 48.3 Å². The molecule has 2 aromatic rings. The molecular formula is C58H79N9O16PS+. The maximum absolute atomic E-state index is 14.9. The fraction of sp³-hybridized carbons (Fsp3) is 0.500. The van der Waals surface area contributed by atoms with E-state index in [-0.39, 0.29) is 90.4 Å². The first-order valence-electron chi connectivity index (χ1n) is 28.8. The molecule has 6 rings (SSSR count). The van der Waals surface area contributed by atoms with Gasteiger partial charge in [0.05, 0.1) is 32.0 Å². The van der Waals surface area contributed by atoms with Crippen LogP contribution in [0.25, 0.3) is 33.4 Å². The molecule has 0 bridgehead atoms. The van der Waals surface area contributed by atoms with E-state index in [1.165, 1.54) is 17.1 Å². The molecule has 0 aromatic heterocycles. The highest BCUT2D eigenvalue weighted by Gasteiger charge is 2.38. The van der Waals surface area contributed by atoms with Gasteiger partial charge in [0.2, 0.25) is 34.9 Å². The minimum Gasteiger partial charge on any atom is -0.456 e. The van der Waals surface area contributed by atoms with Gasteiger partial charge >= 0.3 is 7.60 Å². The molecule has 2 aromatic carbocycles. The number of unbranched alkanes of at least 4 members (excludes halogenated alkanes) is 2. The van der Waals surface area contributed by atoms with Crippen LogP contribution in [0.2, 0.25) is 0 Å². The van der Waals surface area contributed by atoms with Crippen LogP contribution in [0.3, 0.4) is 0 Å². The third kappa shape index (κ3) is 19.3. The van der Waals surface area contributed by atoms with Crippen molar-refractivity contribution in [3.63, 3.8) is 0 Å². The third-order valence-electron chi connectivity index (χ3n) is 14.7. The topological polar surface area (TPSA) is 344 Å². The van der Waals surface area contributed by atoms with Gasteiger partial charge in [-0.3, -0.25) is 52.4 Å². The Labute approximate surface area is 494 Å². The lowest BCUT2D eigenvalue weighted by Crippen LogP contribution is -2.55. The van der Waals surface area contributed by atoms with E-state index in [2.05, 4.69) is 63.8 Å². The van der Waals surface area contributed by atoms with Crippen LogP contribution in [0.15, 0.2) is 77.2 Å². The largest absolute Gasteiger partial charge is 0.456 e. The molecule has 85 heavy (non-hydrogen) atoms. The number of nitrogens with one attached hydrogen (secondary N) is 5. The van der Waals surface area contributed by atoms with Gasteiger partial charge in [0, 0.05) is 104 Å². The zero-order chi connectivity index (χ0) is 61.8. The van der Waals surface area contributed by atoms with Gasteiger partial charge in [0.25, 0.3) is 27.8 Å². The molecule has 25 nitrogen and oxygen atoms in total. The summed E-state index contributed by atoms with van der Waals surface area (Å²) >= 11 is 0. The predicted octanol–water partition coefficient (Wildman–Crippen LogP) is 2.52. The summed E-state index contributed by atoms with van der Waals surface area (Å²) in [7, 11) is -9.41. The SMILES string of the molecule is CCN(CC)c1ccc2c(-c3ccccc3C(=O)N3CCCC3C(=O)NC(CS(=O)(=O)O)C(=O)NCCCCC(=O)NC(CCP(=O)(O)O)C(=O)NCCCCC(=O)NCCOCCN3C(=O)C=CC3=O)c3ccc(=[N+](CC)CC)cc-3oc2c1. The normalized spacial score (nSPS) is 15.0. The average molecular weight is 1220 g/mol. The van der Waals surface area contributed by atoms with Crippen LogP contribution in [0, 0.1) is 0 Å². The molecule has 0 radical (unpaired) electrons. The highest BCUT2D eigenvalue weighted by atomic mass is 32.2. The Bertz CT molecular complexity index is 3280. The first kappa shape index (κ1) is 66.8. The zero-order valence-corrected chi connectivity index (χ0v) is 50.2. The number of anilines is 1. The second-order valence-electron chi connectivity index (χ2n) is 20.6. The lowest BCUT2D eigenvalue weighted by molar-refractivity contribution is -0.137. The first-order valence-corrected chi connectivity index (χ1v) is 32.2. The number of amides is 8. The number of hydrogen-bond acceptors (Lipinski definition) is 14. The molecule has 27 heteroatoms. The van der Waals surface area contributed by atoms with E-state index < -0.39 is 89.1 Å². The minimum absolute atomic E-state index is 0.0849. The van der Waals surface area contributed by atoms with Crippen molar-refractivity contribution in [3.8, 4) is 22.5 Å². The summed E-state index contributed by atoms with van der Waals surface area (Å²) in [5.41, 5.74) is 3.99. The number of imide groups is 1. The third-order valence-corrected chi connectivity index (χ3v) is 16.3. The van der Waals surface area contributed by atoms with E-state index >= 15 is 0 Å². The monoisotopic (exact) mass is 1220 g/mol. The molecule has 0 spiro atoms. The lowest BCUT2D eigenvalue weighted by Gasteiger charge is -2.27. The van der Waals surface area contributed by atoms with Crippen molar-refractivity contribution in [2.45, 2.75) is 104 Å². The van der Waals surface area contributed by atoms with E-state index in [1.807, 2.05) is 48.5 Å². The van der Waals surface area contributed by atoms with Crippen molar-refractivity contribution in [3.05, 3.63) is 83.7 Å². The molecular weight excluding hydrogens is 1140 g/mol. The second-order valence-corrected chi connectivity index (χ2v) is 23.9. The number of ether oxygens (including phenoxy) is 1. The van der Waals surface area contributed by atoms with Crippen LogP contribution in [0.4, 0.5) is 5.69 Å². The van der Waals surface area contributed by atoms with Crippen LogP contribution < -0.4 is 41.4 Å². The molecule has 1 saturated heterocycles. The Balaban J connectivity index is 1.02. The van der Waals surface area contributed by atoms with Crippen molar-refractivity contribution < 1.29 is 74.8 Å². The Kier molecular flexibility index (Phi) is 24.9. The molecule has 1 fully saturated rings. The van der Waals surface area contributed by atoms with Crippen LogP contribution >= 0.6 is 7.60 Å². The van der Waals surface area contributed by atoms with Gasteiger partial charge < -0.3 is 55.3 Å². The highest BCUT2D eigenvalue weighted by molar-refractivity contribution is 7.85. The van der Waals surface area contributed by atoms with Crippen molar-refractivity contribution in [2.24, 2.45) is 0 Å². The number of rotatable bonds is 33. The summed E-state index contributed by atoms with van der Waals surface area (Å²) in [4.78, 5) is 128. The number of fused-ring (bicyclic) bond motifs is 2. The van der Waals surface area contributed by atoms with Gasteiger partial charge in [-0.25, -0.2) is 4.58 Å². The Hall–Kier alpha value is -7.35. The summed E-state index contributed by atoms with van der Waals surface area (Å²) in [6, 6.07) is 14.9. The van der Waals surface area contributed by atoms with Crippen LogP contribution in [-0.4, -0.2) is 182 Å². The molecule has 3 unspecified atom stereocenters. The summed E-state index contributed by atoms with van der Waals surface area (Å²) in [6.45, 7) is 12.1. The van der Waals surface area contributed by atoms with E-state index in [0.29, 0.717) is 41.7 Å². The lowest BCUT2D eigenvalue weighted by atomic mass is 9.90. The van der Waals surface area contributed by atoms with Gasteiger partial charge in [0.15, 0.2) is 0 Å². The number of hydrogen-bond donors (Lipinski definition) is 8. The average Bonchev–Trinajstić information content (AvgIpc) is 2.50. The molecule has 3 aliphatic heterocycles. The summed E-state index contributed by atoms with van der Waals surface area (Å²) in [6.07, 6.45) is 2.79. The standard InChI is InChI=1S/C58H78N9O16PS/c1-5-64(6-2)39-21-23-43-48(36-39)83-49-37-40(65(7-3)8-4)22-24-44(49)54(43)41-16-9-10-17-42(41)58(75)66-31-15-18-47(66)57(74)63-46(38-85(79,80)81)56(73)61-29-14-12-20-51(69)62-45(27-35-84(76,77)78)55(72)60-28-13-11-19-50(68)59-30-33-82-34-32-67-52(70)25-26-53(67)71/h9-10,16-17,21-26,36-37,45-47H,5-8,11-15,18-20,27-35,38H2,1-4H3,(H7-,59,60,61,62,63,68,69,72,73,74,76,77,78,79,80,81)/p+1. The van der Waals surface area contributed by atoms with E-state index in [1.54, 1.807) is 12.1 Å². The number of carbonyl (C=O) groups is 8. The maximum Gasteiger partial charge on any atom is 0.325 e. The predicted molar refractivity (Wildman–Crippen MR) is 317 cm³/mol. The molecule has 8 amide bonds. The Morgan fingerprint density at radius 3 is 2.09 bits per heavy atom. The van der Waals surface area contributed by atoms with Crippen LogP contribution in [0.1, 0.15) is 95.8 Å². The molecule has 8 N–H and O–H groups in total. The molecule has 4 aliphatic rings. The molecule has 1 aliphatic carbocycles. The Morgan fingerprint density at radius 2 is 1.45 bits per heavy atom. The first-order chi connectivity index (χ1) is 40.6. The summed E-state index contributed by atoms with van der Waals surface area (Å²) in [5.74, 6) is -5.27. The van der Waals surface area contributed by atoms with Crippen LogP contribution in [0.5, 0.6) is 0 Å². The van der Waals surface area contributed by atoms with Gasteiger partial charge in [-0.1, -0.05) is 18.2 Å². The van der Waals surface area contributed by atoms with Gasteiger partial charge in [-0.15, -0.1) is 0 Å². The zero-order valence-electron chi connectivity index (χ0n) is 48.5. The fourth-order valence-corrected chi connectivity index (χ4v) is 11.5. The van der Waals surface area contributed by atoms with E-state index in [4.69, 9.17) is 9.15 Å². The summed E-state index contributed by atoms with van der Waals surface area (Å²) in [5, 5.41) is 14.5. The second kappa shape index (κ2) is 31.7. The molecule has 3 atom stereocenters. The van der Waals surface area contributed by atoms with Crippen molar-refractivity contribution in [1.82, 2.24) is 41.0 Å². The van der Waals surface area contributed by atoms with Gasteiger partial charge in [-0.05, 0) is 102 Å². The smallest absolute Gasteiger partial charge is 0.325 e. The van der Waals surface area contributed by atoms with Crippen molar-refractivity contribution in [1.29, 1.82) is 0 Å². The Morgan fingerprint density at radius 1 is 0.788 bits per heavy atom. The number of benzene rings is 3. The molecule has 462 valence electrons. The fourth-order valence-electron chi connectivity index (χ4n) is 10.3. The van der Waals surface area contributed by atoms with Crippen molar-refractivity contribution >= 4 is 81.6 Å². The maximum atomic E-state index is 14.9. The quantitative estimate of drug-likeness (QED) is 0.00848. The number of carbonyl (C=O) groups excluding carboxylic acids is 8. The minimum atomic E-state index is -4.85. The van der Waals surface area contributed by atoms with E-state index in [9.17, 15) is 65.7 Å². The number of nitrogens with zero attached hydrogens (tertiary/aromatic N) is 4. The number of likely N-dealkylation sites (tertiary alicyclic amines) is 1. The highest BCUT2D eigenvalue weighted by Crippen LogP contribution is 2.43. The van der Waals surface area contributed by atoms with Crippen molar-refractivity contribution in [2.75, 3.05) is 88.9 Å². The molecule has 3 heterocycles. The van der Waals surface area contributed by atoms with E-state index in [0.717, 1.165) is 58.6 Å².